The van der Waals surface area contributed by atoms with E-state index in [-0.39, 0.29) is 5.60 Å². The molecule has 0 fully saturated rings. The summed E-state index contributed by atoms with van der Waals surface area (Å²) in [6.45, 7) is 8.38. The fourth-order valence-electron chi connectivity index (χ4n) is 0.363. The van der Waals surface area contributed by atoms with Crippen LogP contribution in [0.15, 0.2) is 0 Å². The Labute approximate surface area is 68.5 Å². The molecule has 0 saturated heterocycles. The third kappa shape index (κ3) is 9.88. The maximum absolute atomic E-state index is 4.85. The summed E-state index contributed by atoms with van der Waals surface area (Å²) in [5, 5.41) is 4.50. The van der Waals surface area contributed by atoms with Crippen molar-refractivity contribution in [1.29, 1.82) is 0 Å². The van der Waals surface area contributed by atoms with Gasteiger partial charge in [0.25, 0.3) is 0 Å². The predicted octanol–water partition coefficient (Wildman–Crippen LogP) is 2.46. The Morgan fingerprint density at radius 2 is 1.82 bits per heavy atom. The van der Waals surface area contributed by atoms with Crippen LogP contribution in [0.4, 0.5) is 0 Å². The molecule has 0 aliphatic heterocycles. The van der Waals surface area contributed by atoms with Crippen LogP contribution in [0.3, 0.4) is 0 Å². The molecule has 0 bridgehead atoms. The average Bonchev–Trinajstić information content (AvgIpc) is 1.85. The minimum Gasteiger partial charge on any atom is -0.206 e. The van der Waals surface area contributed by atoms with E-state index in [1.807, 2.05) is 20.8 Å². The highest BCUT2D eigenvalue weighted by Gasteiger charge is 2.11. The largest absolute Gasteiger partial charge is 0.206 e. The smallest absolute Gasteiger partial charge is 0.0983 e. The van der Waals surface area contributed by atoms with Gasteiger partial charge in [-0.25, -0.2) is 9.78 Å². The summed E-state index contributed by atoms with van der Waals surface area (Å²) in [6, 6.07) is 0. The van der Waals surface area contributed by atoms with Gasteiger partial charge in [-0.2, -0.15) is 0 Å². The zero-order valence-corrected chi connectivity index (χ0v) is 7.85. The summed E-state index contributed by atoms with van der Waals surface area (Å²) < 4.78 is 0. The van der Waals surface area contributed by atoms with Crippen LogP contribution in [0.1, 0.15) is 40.5 Å². The number of hydrogen-bond donors (Lipinski definition) is 0. The number of rotatable bonds is 5. The summed E-state index contributed by atoms with van der Waals surface area (Å²) in [5.74, 6) is 0. The number of unbranched alkanes of at least 4 members (excludes halogenated alkanes) is 1. The van der Waals surface area contributed by atoms with Crippen LogP contribution in [-0.4, -0.2) is 12.2 Å². The molecule has 0 aliphatic rings. The van der Waals surface area contributed by atoms with E-state index in [1.165, 1.54) is 0 Å². The maximum Gasteiger partial charge on any atom is 0.0983 e. The molecule has 3 nitrogen and oxygen atoms in total. The van der Waals surface area contributed by atoms with Crippen molar-refractivity contribution < 1.29 is 14.8 Å². The average molecular weight is 162 g/mol. The maximum atomic E-state index is 4.85. The van der Waals surface area contributed by atoms with Crippen LogP contribution in [-0.2, 0) is 14.8 Å². The Bertz CT molecular complexity index is 85.8. The summed E-state index contributed by atoms with van der Waals surface area (Å²) in [6.07, 6.45) is 2.09. The molecule has 0 spiro atoms. The van der Waals surface area contributed by atoms with Crippen molar-refractivity contribution >= 4 is 0 Å². The lowest BCUT2D eigenvalue weighted by Crippen LogP contribution is -2.19. The second-order valence-electron chi connectivity index (χ2n) is 3.44. The van der Waals surface area contributed by atoms with Gasteiger partial charge in [-0.15, -0.1) is 0 Å². The standard InChI is InChI=1S/C8H18O3/c1-5-6-7-9-11-10-8(2,3)4/h5-7H2,1-4H3. The molecule has 0 aromatic heterocycles. The van der Waals surface area contributed by atoms with Gasteiger partial charge < -0.3 is 0 Å². The van der Waals surface area contributed by atoms with E-state index in [1.54, 1.807) is 0 Å². The molecular formula is C8H18O3. The Morgan fingerprint density at radius 1 is 1.18 bits per heavy atom. The quantitative estimate of drug-likeness (QED) is 0.353. The monoisotopic (exact) mass is 162 g/mol. The Balaban J connectivity index is 3.02. The summed E-state index contributed by atoms with van der Waals surface area (Å²) >= 11 is 0. The van der Waals surface area contributed by atoms with Crippen LogP contribution < -0.4 is 0 Å². The first-order chi connectivity index (χ1) is 5.06. The molecule has 0 aromatic carbocycles. The van der Waals surface area contributed by atoms with Crippen LogP contribution in [0, 0.1) is 0 Å². The Morgan fingerprint density at radius 3 is 2.27 bits per heavy atom. The molecule has 11 heavy (non-hydrogen) atoms. The van der Waals surface area contributed by atoms with Gasteiger partial charge in [0, 0.05) is 0 Å². The summed E-state index contributed by atoms with van der Waals surface area (Å²) in [7, 11) is 0. The van der Waals surface area contributed by atoms with Crippen molar-refractivity contribution in [3.05, 3.63) is 0 Å². The molecule has 0 rings (SSSR count). The van der Waals surface area contributed by atoms with Crippen molar-refractivity contribution in [2.75, 3.05) is 6.61 Å². The van der Waals surface area contributed by atoms with Gasteiger partial charge in [0.1, 0.15) is 0 Å². The molecule has 0 saturated carbocycles. The molecule has 0 radical (unpaired) electrons. The van der Waals surface area contributed by atoms with Crippen LogP contribution in [0.5, 0.6) is 0 Å². The van der Waals surface area contributed by atoms with Gasteiger partial charge in [-0.3, -0.25) is 0 Å². The van der Waals surface area contributed by atoms with Crippen LogP contribution >= 0.6 is 0 Å². The first kappa shape index (κ1) is 10.9. The molecule has 3 heteroatoms. The molecule has 0 heterocycles. The lowest BCUT2D eigenvalue weighted by Gasteiger charge is -2.15. The van der Waals surface area contributed by atoms with Gasteiger partial charge in [0.15, 0.2) is 0 Å². The molecule has 0 aliphatic carbocycles. The van der Waals surface area contributed by atoms with Gasteiger partial charge in [-0.05, 0) is 27.2 Å². The highest BCUT2D eigenvalue weighted by molar-refractivity contribution is 4.53. The van der Waals surface area contributed by atoms with Gasteiger partial charge in [0.05, 0.1) is 12.2 Å². The topological polar surface area (TPSA) is 27.7 Å². The van der Waals surface area contributed by atoms with Gasteiger partial charge in [0.2, 0.25) is 0 Å². The van der Waals surface area contributed by atoms with Crippen molar-refractivity contribution in [2.24, 2.45) is 0 Å². The fourth-order valence-corrected chi connectivity index (χ4v) is 0.363. The molecule has 0 aromatic rings. The zero-order chi connectivity index (χ0) is 8.74. The minimum absolute atomic E-state index is 0.299. The molecular weight excluding hydrogens is 144 g/mol. The second-order valence-corrected chi connectivity index (χ2v) is 3.44. The Kier molecular flexibility index (Phi) is 5.46. The van der Waals surface area contributed by atoms with E-state index in [0.29, 0.717) is 6.61 Å². The van der Waals surface area contributed by atoms with Crippen molar-refractivity contribution in [2.45, 2.75) is 46.1 Å². The molecule has 0 amide bonds. The zero-order valence-electron chi connectivity index (χ0n) is 7.85. The highest BCUT2D eigenvalue weighted by Crippen LogP contribution is 2.07. The van der Waals surface area contributed by atoms with Crippen molar-refractivity contribution in [3.8, 4) is 0 Å². The second kappa shape index (κ2) is 5.52. The third-order valence-electron chi connectivity index (χ3n) is 0.913. The van der Waals surface area contributed by atoms with Gasteiger partial charge in [-0.1, -0.05) is 18.4 Å². The van der Waals surface area contributed by atoms with E-state index < -0.39 is 0 Å². The van der Waals surface area contributed by atoms with Crippen molar-refractivity contribution in [3.63, 3.8) is 0 Å². The highest BCUT2D eigenvalue weighted by atomic mass is 17.5. The van der Waals surface area contributed by atoms with Crippen molar-refractivity contribution in [1.82, 2.24) is 0 Å². The first-order valence-electron chi connectivity index (χ1n) is 4.03. The molecule has 0 unspecified atom stereocenters. The first-order valence-corrected chi connectivity index (χ1v) is 4.03. The lowest BCUT2D eigenvalue weighted by atomic mass is 10.2. The normalized spacial score (nSPS) is 12.0. The molecule has 0 N–H and O–H groups in total. The summed E-state index contributed by atoms with van der Waals surface area (Å²) in [4.78, 5) is 9.58. The summed E-state index contributed by atoms with van der Waals surface area (Å²) in [5.41, 5.74) is -0.299. The van der Waals surface area contributed by atoms with E-state index >= 15 is 0 Å². The lowest BCUT2D eigenvalue weighted by molar-refractivity contribution is -0.538. The van der Waals surface area contributed by atoms with Gasteiger partial charge >= 0.3 is 0 Å². The van der Waals surface area contributed by atoms with E-state index in [4.69, 9.17) is 9.78 Å². The number of hydrogen-bond acceptors (Lipinski definition) is 3. The van der Waals surface area contributed by atoms with Crippen LogP contribution in [0.2, 0.25) is 0 Å². The fraction of sp³-hybridized carbons (Fsp3) is 1.00. The minimum atomic E-state index is -0.299. The molecule has 68 valence electrons. The van der Waals surface area contributed by atoms with E-state index in [0.717, 1.165) is 12.8 Å². The van der Waals surface area contributed by atoms with Crippen LogP contribution in [0.25, 0.3) is 0 Å². The third-order valence-corrected chi connectivity index (χ3v) is 0.913. The van der Waals surface area contributed by atoms with E-state index in [9.17, 15) is 0 Å². The Hall–Kier alpha value is -0.120. The SMILES string of the molecule is CCCCOOOC(C)(C)C. The van der Waals surface area contributed by atoms with E-state index in [2.05, 4.69) is 12.0 Å². The molecule has 0 atom stereocenters. The predicted molar refractivity (Wildman–Crippen MR) is 42.8 cm³/mol.